The molecule has 0 aromatic heterocycles. The summed E-state index contributed by atoms with van der Waals surface area (Å²) in [4.78, 5) is 27.8. The van der Waals surface area contributed by atoms with Crippen LogP contribution in [0.2, 0.25) is 0 Å². The molecule has 2 amide bonds. The Kier molecular flexibility index (Phi) is 9.22. The summed E-state index contributed by atoms with van der Waals surface area (Å²) in [5, 5.41) is 2.96. The van der Waals surface area contributed by atoms with Crippen LogP contribution >= 0.6 is 0 Å². The average molecular weight is 540 g/mol. The summed E-state index contributed by atoms with van der Waals surface area (Å²) < 4.78 is 65.5. The van der Waals surface area contributed by atoms with E-state index in [4.69, 9.17) is 0 Å². The lowest BCUT2D eigenvalue weighted by molar-refractivity contribution is -0.139. The lowest BCUT2D eigenvalue weighted by Gasteiger charge is -2.32. The average Bonchev–Trinajstić information content (AvgIpc) is 3.35. The van der Waals surface area contributed by atoms with Gasteiger partial charge in [-0.15, -0.1) is 0 Å². The van der Waals surface area contributed by atoms with Crippen LogP contribution in [-0.4, -0.2) is 56.6 Å². The third-order valence-corrected chi connectivity index (χ3v) is 7.63. The summed E-state index contributed by atoms with van der Waals surface area (Å²) in [5.74, 6) is -1.04. The van der Waals surface area contributed by atoms with E-state index in [1.807, 2.05) is 30.3 Å². The van der Waals surface area contributed by atoms with Gasteiger partial charge in [-0.3, -0.25) is 13.9 Å². The van der Waals surface area contributed by atoms with Gasteiger partial charge in [0, 0.05) is 12.6 Å². The van der Waals surface area contributed by atoms with Crippen molar-refractivity contribution in [2.75, 3.05) is 23.7 Å². The molecule has 0 spiro atoms. The first kappa shape index (κ1) is 28.5. The zero-order valence-electron chi connectivity index (χ0n) is 20.9. The third kappa shape index (κ3) is 7.95. The van der Waals surface area contributed by atoms with Crippen molar-refractivity contribution in [3.8, 4) is 0 Å². The second kappa shape index (κ2) is 12.0. The molecule has 0 unspecified atom stereocenters. The second-order valence-corrected chi connectivity index (χ2v) is 11.2. The normalized spacial score (nSPS) is 15.3. The van der Waals surface area contributed by atoms with Gasteiger partial charge >= 0.3 is 6.18 Å². The number of anilines is 1. The van der Waals surface area contributed by atoms with E-state index in [1.165, 1.54) is 11.0 Å². The van der Waals surface area contributed by atoms with Crippen LogP contribution in [-0.2, 0) is 32.2 Å². The van der Waals surface area contributed by atoms with Gasteiger partial charge in [-0.1, -0.05) is 49.2 Å². The molecule has 2 aromatic rings. The molecule has 1 N–H and O–H groups in total. The van der Waals surface area contributed by atoms with Crippen LogP contribution in [0.1, 0.15) is 43.7 Å². The number of sulfonamides is 1. The number of nitrogens with zero attached hydrogens (tertiary/aromatic N) is 2. The standard InChI is InChI=1S/C26H32F3N3O4S/c1-19(25(34)30-22-12-6-7-13-22)31(16-15-20-9-4-3-5-10-20)24(33)18-32(37(2,35)36)23-14-8-11-21(17-23)26(27,28)29/h3-5,8-11,14,17,19,22H,6-7,12-13,15-16,18H2,1-2H3,(H,30,34)/t19-/m1/s1. The first-order chi connectivity index (χ1) is 17.4. The number of carbonyl (C=O) groups is 2. The Bertz CT molecular complexity index is 1180. The number of hydrogen-bond donors (Lipinski definition) is 1. The van der Waals surface area contributed by atoms with Gasteiger partial charge in [0.2, 0.25) is 21.8 Å². The number of halogens is 3. The largest absolute Gasteiger partial charge is 0.416 e. The number of carbonyl (C=O) groups excluding carboxylic acids is 2. The number of hydrogen-bond acceptors (Lipinski definition) is 4. The molecule has 0 heterocycles. The zero-order valence-corrected chi connectivity index (χ0v) is 21.7. The van der Waals surface area contributed by atoms with E-state index in [0.717, 1.165) is 49.6 Å². The molecular formula is C26H32F3N3O4S. The van der Waals surface area contributed by atoms with E-state index in [1.54, 1.807) is 6.92 Å². The molecule has 11 heteroatoms. The van der Waals surface area contributed by atoms with Gasteiger partial charge in [0.05, 0.1) is 17.5 Å². The van der Waals surface area contributed by atoms with E-state index in [-0.39, 0.29) is 24.2 Å². The molecule has 0 saturated heterocycles. The topological polar surface area (TPSA) is 86.8 Å². The lowest BCUT2D eigenvalue weighted by atomic mass is 10.1. The van der Waals surface area contributed by atoms with Gasteiger partial charge in [0.1, 0.15) is 12.6 Å². The number of nitrogens with one attached hydrogen (secondary N) is 1. The minimum absolute atomic E-state index is 0.0265. The Hall–Kier alpha value is -3.08. The maximum atomic E-state index is 13.5. The van der Waals surface area contributed by atoms with E-state index in [0.29, 0.717) is 16.8 Å². The number of rotatable bonds is 10. The molecular weight excluding hydrogens is 507 g/mol. The van der Waals surface area contributed by atoms with E-state index < -0.39 is 40.3 Å². The van der Waals surface area contributed by atoms with Gasteiger partial charge in [0.25, 0.3) is 0 Å². The summed E-state index contributed by atoms with van der Waals surface area (Å²) >= 11 is 0. The van der Waals surface area contributed by atoms with Gasteiger partial charge in [-0.2, -0.15) is 13.2 Å². The van der Waals surface area contributed by atoms with Gasteiger partial charge < -0.3 is 10.2 Å². The van der Waals surface area contributed by atoms with E-state index >= 15 is 0 Å². The van der Waals surface area contributed by atoms with Gasteiger partial charge in [-0.25, -0.2) is 8.42 Å². The molecule has 1 aliphatic carbocycles. The van der Waals surface area contributed by atoms with Crippen molar-refractivity contribution in [1.29, 1.82) is 0 Å². The monoisotopic (exact) mass is 539 g/mol. The smallest absolute Gasteiger partial charge is 0.352 e. The molecule has 7 nitrogen and oxygen atoms in total. The fourth-order valence-corrected chi connectivity index (χ4v) is 5.25. The van der Waals surface area contributed by atoms with Gasteiger partial charge in [-0.05, 0) is 49.9 Å². The molecule has 0 bridgehead atoms. The highest BCUT2D eigenvalue weighted by molar-refractivity contribution is 7.92. The minimum Gasteiger partial charge on any atom is -0.352 e. The molecule has 0 aliphatic heterocycles. The minimum atomic E-state index is -4.68. The third-order valence-electron chi connectivity index (χ3n) is 6.49. The SMILES string of the molecule is C[C@H](C(=O)NC1CCCC1)N(CCc1ccccc1)C(=O)CN(c1cccc(C(F)(F)F)c1)S(C)(=O)=O. The van der Waals surface area contributed by atoms with Crippen LogP contribution in [0.25, 0.3) is 0 Å². The molecule has 1 fully saturated rings. The summed E-state index contributed by atoms with van der Waals surface area (Å²) in [7, 11) is -4.12. The molecule has 37 heavy (non-hydrogen) atoms. The second-order valence-electron chi connectivity index (χ2n) is 9.31. The maximum Gasteiger partial charge on any atom is 0.416 e. The lowest BCUT2D eigenvalue weighted by Crippen LogP contribution is -2.53. The van der Waals surface area contributed by atoms with Crippen LogP contribution in [0.15, 0.2) is 54.6 Å². The fraction of sp³-hybridized carbons (Fsp3) is 0.462. The predicted molar refractivity (Wildman–Crippen MR) is 135 cm³/mol. The summed E-state index contributed by atoms with van der Waals surface area (Å²) in [5.41, 5.74) is -0.394. The molecule has 2 aromatic carbocycles. The fourth-order valence-electron chi connectivity index (χ4n) is 4.41. The Balaban J connectivity index is 1.86. The van der Waals surface area contributed by atoms with Crippen molar-refractivity contribution in [3.05, 3.63) is 65.7 Å². The van der Waals surface area contributed by atoms with Crippen molar-refractivity contribution in [3.63, 3.8) is 0 Å². The highest BCUT2D eigenvalue weighted by atomic mass is 32.2. The number of alkyl halides is 3. The Labute approximate surface area is 215 Å². The molecule has 202 valence electrons. The predicted octanol–water partition coefficient (Wildman–Crippen LogP) is 3.99. The number of amides is 2. The summed E-state index contributed by atoms with van der Waals surface area (Å²) in [6.07, 6.45) is 0.285. The van der Waals surface area contributed by atoms with Crippen molar-refractivity contribution in [2.45, 2.75) is 57.3 Å². The molecule has 1 saturated carbocycles. The van der Waals surface area contributed by atoms with Crippen molar-refractivity contribution in [1.82, 2.24) is 10.2 Å². The highest BCUT2D eigenvalue weighted by Gasteiger charge is 2.34. The maximum absolute atomic E-state index is 13.5. The first-order valence-corrected chi connectivity index (χ1v) is 14.0. The highest BCUT2D eigenvalue weighted by Crippen LogP contribution is 2.32. The van der Waals surface area contributed by atoms with Crippen molar-refractivity contribution < 1.29 is 31.2 Å². The van der Waals surface area contributed by atoms with Crippen LogP contribution in [0.3, 0.4) is 0 Å². The Morgan fingerprint density at radius 3 is 2.30 bits per heavy atom. The number of benzene rings is 2. The summed E-state index contributed by atoms with van der Waals surface area (Å²) in [6, 6.07) is 12.2. The van der Waals surface area contributed by atoms with Crippen LogP contribution in [0.5, 0.6) is 0 Å². The van der Waals surface area contributed by atoms with Crippen LogP contribution in [0.4, 0.5) is 18.9 Å². The van der Waals surface area contributed by atoms with Crippen LogP contribution < -0.4 is 9.62 Å². The Morgan fingerprint density at radius 2 is 1.70 bits per heavy atom. The molecule has 3 rings (SSSR count). The van der Waals surface area contributed by atoms with Gasteiger partial charge in [0.15, 0.2) is 0 Å². The Morgan fingerprint density at radius 1 is 1.05 bits per heavy atom. The quantitative estimate of drug-likeness (QED) is 0.495. The van der Waals surface area contributed by atoms with Crippen LogP contribution in [0, 0.1) is 0 Å². The zero-order chi connectivity index (χ0) is 27.2. The molecule has 1 atom stereocenters. The molecule has 0 radical (unpaired) electrons. The van der Waals surface area contributed by atoms with Crippen molar-refractivity contribution in [2.24, 2.45) is 0 Å². The van der Waals surface area contributed by atoms with Crippen molar-refractivity contribution >= 4 is 27.5 Å². The molecule has 1 aliphatic rings. The summed E-state index contributed by atoms with van der Waals surface area (Å²) in [6.45, 7) is 0.959. The van der Waals surface area contributed by atoms with E-state index in [9.17, 15) is 31.2 Å². The first-order valence-electron chi connectivity index (χ1n) is 12.1. The van der Waals surface area contributed by atoms with E-state index in [2.05, 4.69) is 5.32 Å².